The normalized spacial score (nSPS) is 9.41. The quantitative estimate of drug-likeness (QED) is 0.312. The molecule has 0 bridgehead atoms. The Balaban J connectivity index is 0.000000171. The van der Waals surface area contributed by atoms with Crippen LogP contribution in [0.5, 0.6) is 0 Å². The van der Waals surface area contributed by atoms with Gasteiger partial charge in [-0.2, -0.15) is 4.73 Å². The zero-order chi connectivity index (χ0) is 12.8. The Morgan fingerprint density at radius 3 is 1.53 bits per heavy atom. The molecule has 0 unspecified atom stereocenters. The van der Waals surface area contributed by atoms with Crippen LogP contribution in [0.4, 0.5) is 0 Å². The minimum Gasteiger partial charge on any atom is -0.617 e. The molecule has 0 aliphatic heterocycles. The highest BCUT2D eigenvalue weighted by Gasteiger charge is 2.01. The molecular formula is C10H6Br4N2O. The first-order valence-electron chi connectivity index (χ1n) is 4.32. The Labute approximate surface area is 132 Å². The first-order valence-corrected chi connectivity index (χ1v) is 7.49. The average Bonchev–Trinajstić information content (AvgIpc) is 2.26. The molecule has 0 atom stereocenters. The third-order valence-electron chi connectivity index (χ3n) is 1.54. The lowest BCUT2D eigenvalue weighted by Gasteiger charge is -1.98. The Bertz CT molecular complexity index is 470. The van der Waals surface area contributed by atoms with Crippen LogP contribution in [-0.2, 0) is 0 Å². The number of nitrogens with zero attached hydrogens (tertiary/aromatic N) is 2. The summed E-state index contributed by atoms with van der Waals surface area (Å²) in [6.45, 7) is 0. The molecule has 2 aromatic heterocycles. The number of halogens is 4. The lowest BCUT2D eigenvalue weighted by Crippen LogP contribution is -2.28. The number of hydrogen-bond acceptors (Lipinski definition) is 2. The standard InChI is InChI=1S/C5H3Br2NO.C5H3Br2N/c6-4-2-1-3-5(7)8(4)9;6-4-2-1-3-5(7)8-4/h1-3H;1-3H. The van der Waals surface area contributed by atoms with Crippen LogP contribution in [0.3, 0.4) is 0 Å². The van der Waals surface area contributed by atoms with Gasteiger partial charge in [0.05, 0.1) is 0 Å². The molecule has 2 heterocycles. The second-order valence-electron chi connectivity index (χ2n) is 2.75. The summed E-state index contributed by atoms with van der Waals surface area (Å²) in [6.07, 6.45) is 0. The van der Waals surface area contributed by atoms with E-state index in [4.69, 9.17) is 0 Å². The summed E-state index contributed by atoms with van der Waals surface area (Å²) >= 11 is 12.6. The molecular weight excluding hydrogens is 484 g/mol. The molecule has 0 aliphatic carbocycles. The van der Waals surface area contributed by atoms with Crippen LogP contribution >= 0.6 is 63.7 Å². The van der Waals surface area contributed by atoms with E-state index in [-0.39, 0.29) is 0 Å². The first kappa shape index (κ1) is 15.1. The van der Waals surface area contributed by atoms with Gasteiger partial charge in [-0.1, -0.05) is 6.07 Å². The van der Waals surface area contributed by atoms with Crippen LogP contribution in [0.2, 0.25) is 0 Å². The van der Waals surface area contributed by atoms with Gasteiger partial charge in [0, 0.05) is 44.0 Å². The maximum absolute atomic E-state index is 10.8. The van der Waals surface area contributed by atoms with Crippen LogP contribution in [-0.4, -0.2) is 4.98 Å². The van der Waals surface area contributed by atoms with Crippen LogP contribution in [0, 0.1) is 5.21 Å². The lowest BCUT2D eigenvalue weighted by atomic mass is 10.5. The van der Waals surface area contributed by atoms with Crippen molar-refractivity contribution in [2.75, 3.05) is 0 Å². The topological polar surface area (TPSA) is 39.8 Å². The monoisotopic (exact) mass is 486 g/mol. The maximum atomic E-state index is 10.8. The predicted octanol–water partition coefficient (Wildman–Crippen LogP) is 4.45. The minimum atomic E-state index is 0.511. The Kier molecular flexibility index (Phi) is 6.61. The van der Waals surface area contributed by atoms with Crippen molar-refractivity contribution in [2.45, 2.75) is 0 Å². The van der Waals surface area contributed by atoms with E-state index in [0.717, 1.165) is 13.9 Å². The van der Waals surface area contributed by atoms with E-state index < -0.39 is 0 Å². The molecule has 0 fully saturated rings. The van der Waals surface area contributed by atoms with E-state index in [2.05, 4.69) is 68.7 Å². The summed E-state index contributed by atoms with van der Waals surface area (Å²) in [6, 6.07) is 10.8. The zero-order valence-electron chi connectivity index (χ0n) is 8.28. The van der Waals surface area contributed by atoms with E-state index in [0.29, 0.717) is 9.21 Å². The van der Waals surface area contributed by atoms with Gasteiger partial charge in [0.25, 0.3) is 9.21 Å². The molecule has 2 rings (SSSR count). The Hall–Kier alpha value is 0.0200. The van der Waals surface area contributed by atoms with Crippen molar-refractivity contribution in [3.63, 3.8) is 0 Å². The molecule has 7 heteroatoms. The van der Waals surface area contributed by atoms with Crippen molar-refractivity contribution in [3.8, 4) is 0 Å². The lowest BCUT2D eigenvalue weighted by molar-refractivity contribution is -0.628. The molecule has 0 aliphatic rings. The van der Waals surface area contributed by atoms with Gasteiger partial charge in [-0.05, 0) is 50.1 Å². The molecule has 0 aromatic carbocycles. The molecule has 0 N–H and O–H groups in total. The van der Waals surface area contributed by atoms with Crippen molar-refractivity contribution >= 4 is 63.7 Å². The fraction of sp³-hybridized carbons (Fsp3) is 0. The number of pyridine rings is 2. The number of rotatable bonds is 0. The minimum absolute atomic E-state index is 0.511. The SMILES string of the molecule is Brc1cccc(Br)n1.[O-][n+]1c(Br)cccc1Br. The van der Waals surface area contributed by atoms with Crippen LogP contribution in [0.25, 0.3) is 0 Å². The van der Waals surface area contributed by atoms with Gasteiger partial charge >= 0.3 is 0 Å². The van der Waals surface area contributed by atoms with Crippen molar-refractivity contribution in [1.29, 1.82) is 0 Å². The van der Waals surface area contributed by atoms with Gasteiger partial charge in [-0.15, -0.1) is 0 Å². The summed E-state index contributed by atoms with van der Waals surface area (Å²) in [7, 11) is 0. The molecule has 90 valence electrons. The molecule has 0 saturated heterocycles. The fourth-order valence-corrected chi connectivity index (χ4v) is 2.68. The van der Waals surface area contributed by atoms with E-state index >= 15 is 0 Å². The van der Waals surface area contributed by atoms with Crippen LogP contribution in [0.15, 0.2) is 54.8 Å². The molecule has 0 saturated carbocycles. The molecule has 2 aromatic rings. The second-order valence-corrected chi connectivity index (χ2v) is 6.00. The number of hydrogen-bond donors (Lipinski definition) is 0. The summed E-state index contributed by atoms with van der Waals surface area (Å²) < 4.78 is 3.48. The summed E-state index contributed by atoms with van der Waals surface area (Å²) in [5.74, 6) is 0. The van der Waals surface area contributed by atoms with Gasteiger partial charge < -0.3 is 5.21 Å². The first-order chi connectivity index (χ1) is 8.00. The van der Waals surface area contributed by atoms with Crippen molar-refractivity contribution in [3.05, 3.63) is 60.0 Å². The maximum Gasteiger partial charge on any atom is 0.260 e. The Morgan fingerprint density at radius 2 is 1.24 bits per heavy atom. The highest BCUT2D eigenvalue weighted by Crippen LogP contribution is 2.10. The van der Waals surface area contributed by atoms with Gasteiger partial charge in [-0.25, -0.2) is 4.98 Å². The summed E-state index contributed by atoms with van der Waals surface area (Å²) in [5.41, 5.74) is 0. The van der Waals surface area contributed by atoms with Crippen LogP contribution < -0.4 is 4.73 Å². The average molecular weight is 490 g/mol. The summed E-state index contributed by atoms with van der Waals surface area (Å²) in [4.78, 5) is 4.01. The molecule has 0 radical (unpaired) electrons. The summed E-state index contributed by atoms with van der Waals surface area (Å²) in [5, 5.41) is 10.8. The zero-order valence-corrected chi connectivity index (χ0v) is 14.6. The van der Waals surface area contributed by atoms with E-state index in [1.165, 1.54) is 0 Å². The van der Waals surface area contributed by atoms with E-state index in [9.17, 15) is 5.21 Å². The van der Waals surface area contributed by atoms with Crippen molar-refractivity contribution < 1.29 is 4.73 Å². The van der Waals surface area contributed by atoms with Gasteiger partial charge in [0.1, 0.15) is 9.21 Å². The third-order valence-corrected chi connectivity index (χ3v) is 3.59. The largest absolute Gasteiger partial charge is 0.617 e. The fourth-order valence-electron chi connectivity index (χ4n) is 0.828. The predicted molar refractivity (Wildman–Crippen MR) is 80.4 cm³/mol. The van der Waals surface area contributed by atoms with Gasteiger partial charge in [-0.3, -0.25) is 0 Å². The van der Waals surface area contributed by atoms with Gasteiger partial charge in [0.15, 0.2) is 0 Å². The molecule has 0 amide bonds. The van der Waals surface area contributed by atoms with Crippen molar-refractivity contribution in [1.82, 2.24) is 4.98 Å². The van der Waals surface area contributed by atoms with Crippen LogP contribution in [0.1, 0.15) is 0 Å². The number of aromatic nitrogens is 2. The molecule has 17 heavy (non-hydrogen) atoms. The van der Waals surface area contributed by atoms with E-state index in [1.54, 1.807) is 18.2 Å². The Morgan fingerprint density at radius 1 is 0.824 bits per heavy atom. The van der Waals surface area contributed by atoms with E-state index in [1.807, 2.05) is 18.2 Å². The van der Waals surface area contributed by atoms with Gasteiger partial charge in [0.2, 0.25) is 0 Å². The molecule has 3 nitrogen and oxygen atoms in total. The van der Waals surface area contributed by atoms with Crippen molar-refractivity contribution in [2.24, 2.45) is 0 Å². The third kappa shape index (κ3) is 5.46. The second kappa shape index (κ2) is 7.45. The smallest absolute Gasteiger partial charge is 0.260 e. The highest BCUT2D eigenvalue weighted by molar-refractivity contribution is 9.11. The highest BCUT2D eigenvalue weighted by atomic mass is 79.9. The molecule has 0 spiro atoms.